The van der Waals surface area contributed by atoms with Gasteiger partial charge in [-0.3, -0.25) is 14.4 Å². The third kappa shape index (κ3) is 5.60. The molecule has 1 heterocycles. The molecule has 162 valence electrons. The van der Waals surface area contributed by atoms with Crippen LogP contribution in [0.5, 0.6) is 0 Å². The first-order valence-corrected chi connectivity index (χ1v) is 10.5. The molecule has 31 heavy (non-hydrogen) atoms. The maximum Gasteiger partial charge on any atom is 0.308 e. The highest BCUT2D eigenvalue weighted by Crippen LogP contribution is 2.33. The molecule has 0 spiro atoms. The number of carbonyl (C=O) groups excluding carboxylic acids is 3. The van der Waals surface area contributed by atoms with Crippen molar-refractivity contribution in [3.63, 3.8) is 0 Å². The van der Waals surface area contributed by atoms with E-state index in [-0.39, 0.29) is 18.9 Å². The predicted molar refractivity (Wildman–Crippen MR) is 120 cm³/mol. The first-order valence-electron chi connectivity index (χ1n) is 10.5. The molecule has 2 aromatic rings. The van der Waals surface area contributed by atoms with Crippen molar-refractivity contribution in [2.24, 2.45) is 0 Å². The lowest BCUT2D eigenvalue weighted by atomic mass is 9.94. The average molecular weight is 421 g/mol. The number of anilines is 1. The first-order chi connectivity index (χ1) is 14.9. The summed E-state index contributed by atoms with van der Waals surface area (Å²) in [5, 5.41) is 2.74. The van der Waals surface area contributed by atoms with Crippen LogP contribution < -0.4 is 5.32 Å². The number of nitrogens with one attached hydrogen (secondary N) is 1. The number of hydrogen-bond donors (Lipinski definition) is 1. The molecule has 0 radical (unpaired) electrons. The molecule has 0 aromatic heterocycles. The molecule has 2 amide bonds. The minimum Gasteiger partial charge on any atom is -0.455 e. The molecule has 6 heteroatoms. The molecule has 0 saturated heterocycles. The van der Waals surface area contributed by atoms with Crippen LogP contribution in [0, 0.1) is 0 Å². The van der Waals surface area contributed by atoms with Crippen molar-refractivity contribution >= 4 is 29.5 Å². The lowest BCUT2D eigenvalue weighted by Gasteiger charge is -2.32. The second kappa shape index (κ2) is 10.1. The normalized spacial score (nSPS) is 15.7. The Morgan fingerprint density at radius 3 is 2.48 bits per heavy atom. The number of esters is 1. The van der Waals surface area contributed by atoms with Gasteiger partial charge in [-0.1, -0.05) is 50.2 Å². The number of carbonyl (C=O) groups is 3. The van der Waals surface area contributed by atoms with Crippen LogP contribution in [0.2, 0.25) is 0 Å². The monoisotopic (exact) mass is 420 g/mol. The van der Waals surface area contributed by atoms with Crippen LogP contribution in [0.1, 0.15) is 62.3 Å². The third-order valence-electron chi connectivity index (χ3n) is 5.57. The summed E-state index contributed by atoms with van der Waals surface area (Å²) >= 11 is 0. The Morgan fingerprint density at radius 1 is 1.10 bits per heavy atom. The smallest absolute Gasteiger partial charge is 0.308 e. The van der Waals surface area contributed by atoms with Gasteiger partial charge in [-0.25, -0.2) is 0 Å². The Morgan fingerprint density at radius 2 is 1.81 bits per heavy atom. The largest absolute Gasteiger partial charge is 0.455 e. The fourth-order valence-electron chi connectivity index (χ4n) is 3.60. The van der Waals surface area contributed by atoms with Crippen molar-refractivity contribution in [3.05, 3.63) is 71.4 Å². The Hall–Kier alpha value is -3.41. The lowest BCUT2D eigenvalue weighted by molar-refractivity contribution is -0.149. The van der Waals surface area contributed by atoms with Crippen molar-refractivity contribution in [1.29, 1.82) is 0 Å². The molecule has 1 N–H and O–H groups in total. The molecule has 2 atom stereocenters. The molecule has 1 aliphatic heterocycles. The highest BCUT2D eigenvalue weighted by molar-refractivity contribution is 5.92. The molecule has 0 unspecified atom stereocenters. The summed E-state index contributed by atoms with van der Waals surface area (Å²) in [5.41, 5.74) is 3.70. The Kier molecular flexibility index (Phi) is 7.23. The van der Waals surface area contributed by atoms with Gasteiger partial charge in [-0.2, -0.15) is 0 Å². The Bertz CT molecular complexity index is 981. The van der Waals surface area contributed by atoms with E-state index in [1.165, 1.54) is 17.4 Å². The van der Waals surface area contributed by atoms with Crippen LogP contribution in [-0.4, -0.2) is 29.3 Å². The van der Waals surface area contributed by atoms with E-state index in [4.69, 9.17) is 4.74 Å². The lowest BCUT2D eigenvalue weighted by Crippen LogP contribution is -2.33. The van der Waals surface area contributed by atoms with Crippen LogP contribution in [0.25, 0.3) is 6.08 Å². The molecule has 0 saturated carbocycles. The van der Waals surface area contributed by atoms with E-state index in [1.54, 1.807) is 6.20 Å². The predicted octanol–water partition coefficient (Wildman–Crippen LogP) is 4.65. The zero-order chi connectivity index (χ0) is 22.4. The SMILES string of the molecule is CC[C@@H](C)c1ccc(NC(=O)COC(=O)C[C@H]2c3ccccc3C=CN2C(C)=O)cc1. The van der Waals surface area contributed by atoms with Crippen LogP contribution >= 0.6 is 0 Å². The molecule has 0 fully saturated rings. The summed E-state index contributed by atoms with van der Waals surface area (Å²) in [6.45, 7) is 5.36. The van der Waals surface area contributed by atoms with E-state index in [9.17, 15) is 14.4 Å². The second-order valence-electron chi connectivity index (χ2n) is 7.73. The van der Waals surface area contributed by atoms with E-state index >= 15 is 0 Å². The Labute approximate surface area is 182 Å². The van der Waals surface area contributed by atoms with Gasteiger partial charge in [-0.05, 0) is 47.2 Å². The fourth-order valence-corrected chi connectivity index (χ4v) is 3.60. The van der Waals surface area contributed by atoms with E-state index in [0.29, 0.717) is 11.6 Å². The van der Waals surface area contributed by atoms with Gasteiger partial charge in [0.2, 0.25) is 5.91 Å². The molecular formula is C25H28N2O4. The molecule has 0 bridgehead atoms. The number of ether oxygens (including phenoxy) is 1. The van der Waals surface area contributed by atoms with Crippen molar-refractivity contribution < 1.29 is 19.1 Å². The summed E-state index contributed by atoms with van der Waals surface area (Å²) in [6, 6.07) is 14.8. The molecule has 6 nitrogen and oxygen atoms in total. The zero-order valence-electron chi connectivity index (χ0n) is 18.1. The van der Waals surface area contributed by atoms with E-state index in [0.717, 1.165) is 17.5 Å². The fraction of sp³-hybridized carbons (Fsp3) is 0.320. The quantitative estimate of drug-likeness (QED) is 0.662. The van der Waals surface area contributed by atoms with Crippen molar-refractivity contribution in [2.75, 3.05) is 11.9 Å². The van der Waals surface area contributed by atoms with Gasteiger partial charge in [0.25, 0.3) is 5.91 Å². The molecule has 1 aliphatic rings. The van der Waals surface area contributed by atoms with Crippen LogP contribution in [0.15, 0.2) is 54.7 Å². The molecule has 0 aliphatic carbocycles. The van der Waals surface area contributed by atoms with Gasteiger partial charge in [0.1, 0.15) is 0 Å². The number of amides is 2. The zero-order valence-corrected chi connectivity index (χ0v) is 18.1. The van der Waals surface area contributed by atoms with Crippen molar-refractivity contribution in [1.82, 2.24) is 4.90 Å². The summed E-state index contributed by atoms with van der Waals surface area (Å²) in [4.78, 5) is 38.2. The van der Waals surface area contributed by atoms with Gasteiger partial charge in [0.15, 0.2) is 6.61 Å². The number of hydrogen-bond acceptors (Lipinski definition) is 4. The summed E-state index contributed by atoms with van der Waals surface area (Å²) in [6.07, 6.45) is 4.54. The van der Waals surface area contributed by atoms with Gasteiger partial charge in [-0.15, -0.1) is 0 Å². The number of fused-ring (bicyclic) bond motifs is 1. The van der Waals surface area contributed by atoms with E-state index in [2.05, 4.69) is 19.2 Å². The molecule has 3 rings (SSSR count). The second-order valence-corrected chi connectivity index (χ2v) is 7.73. The van der Waals surface area contributed by atoms with Crippen molar-refractivity contribution in [3.8, 4) is 0 Å². The summed E-state index contributed by atoms with van der Waals surface area (Å²) in [5.74, 6) is -0.650. The standard InChI is InChI=1S/C25H28N2O4/c1-4-17(2)19-9-11-21(12-10-19)26-24(29)16-31-25(30)15-23-22-8-6-5-7-20(22)13-14-27(23)18(3)28/h5-14,17,23H,4,15-16H2,1-3H3,(H,26,29)/t17-,23+/m1/s1. The van der Waals surface area contributed by atoms with Gasteiger partial charge in [0.05, 0.1) is 12.5 Å². The van der Waals surface area contributed by atoms with Gasteiger partial charge >= 0.3 is 5.97 Å². The van der Waals surface area contributed by atoms with E-state index in [1.807, 2.05) is 54.6 Å². The molecule has 2 aromatic carbocycles. The van der Waals surface area contributed by atoms with E-state index < -0.39 is 17.9 Å². The number of rotatable bonds is 7. The van der Waals surface area contributed by atoms with Gasteiger partial charge in [0, 0.05) is 18.8 Å². The summed E-state index contributed by atoms with van der Waals surface area (Å²) in [7, 11) is 0. The average Bonchev–Trinajstić information content (AvgIpc) is 2.77. The minimum atomic E-state index is -0.538. The number of benzene rings is 2. The topological polar surface area (TPSA) is 75.7 Å². The molecular weight excluding hydrogens is 392 g/mol. The van der Waals surface area contributed by atoms with Gasteiger partial charge < -0.3 is 15.0 Å². The van der Waals surface area contributed by atoms with Crippen molar-refractivity contribution in [2.45, 2.75) is 45.6 Å². The third-order valence-corrected chi connectivity index (χ3v) is 5.57. The highest BCUT2D eigenvalue weighted by atomic mass is 16.5. The minimum absolute atomic E-state index is 0.0299. The van der Waals surface area contributed by atoms with Crippen LogP contribution in [0.3, 0.4) is 0 Å². The Balaban J connectivity index is 1.56. The highest BCUT2D eigenvalue weighted by Gasteiger charge is 2.28. The maximum absolute atomic E-state index is 12.4. The first kappa shape index (κ1) is 22.3. The van der Waals surface area contributed by atoms with Crippen LogP contribution in [0.4, 0.5) is 5.69 Å². The number of nitrogens with zero attached hydrogens (tertiary/aromatic N) is 1. The summed E-state index contributed by atoms with van der Waals surface area (Å²) < 4.78 is 5.19. The maximum atomic E-state index is 12.4. The van der Waals surface area contributed by atoms with Crippen LogP contribution in [-0.2, 0) is 19.1 Å².